The molecule has 0 N–H and O–H groups in total. The van der Waals surface area contributed by atoms with Gasteiger partial charge in [0.25, 0.3) is 0 Å². The second-order valence-electron chi connectivity index (χ2n) is 6.37. The highest BCUT2D eigenvalue weighted by Crippen LogP contribution is 2.46. The molecule has 18 heavy (non-hydrogen) atoms. The lowest BCUT2D eigenvalue weighted by Crippen LogP contribution is -2.35. The SMILES string of the molecule is CCc1ccc(C)c2c1C1(CCC2)CCN(C)C1. The van der Waals surface area contributed by atoms with Crippen LogP contribution in [0.5, 0.6) is 0 Å². The van der Waals surface area contributed by atoms with Crippen LogP contribution in [0.3, 0.4) is 0 Å². The second kappa shape index (κ2) is 4.38. The number of hydrogen-bond donors (Lipinski definition) is 0. The second-order valence-corrected chi connectivity index (χ2v) is 6.37. The summed E-state index contributed by atoms with van der Waals surface area (Å²) >= 11 is 0. The molecule has 1 atom stereocenters. The summed E-state index contributed by atoms with van der Waals surface area (Å²) in [6.45, 7) is 7.16. The molecule has 0 aromatic heterocycles. The summed E-state index contributed by atoms with van der Waals surface area (Å²) in [4.78, 5) is 2.52. The molecule has 1 aliphatic carbocycles. The molecule has 98 valence electrons. The fourth-order valence-electron chi connectivity index (χ4n) is 4.29. The van der Waals surface area contributed by atoms with Gasteiger partial charge < -0.3 is 4.90 Å². The first-order chi connectivity index (χ1) is 8.66. The van der Waals surface area contributed by atoms with Gasteiger partial charge in [0.15, 0.2) is 0 Å². The molecule has 1 spiro atoms. The summed E-state index contributed by atoms with van der Waals surface area (Å²) in [5.74, 6) is 0. The summed E-state index contributed by atoms with van der Waals surface area (Å²) in [5, 5.41) is 0. The van der Waals surface area contributed by atoms with Gasteiger partial charge in [-0.2, -0.15) is 0 Å². The van der Waals surface area contributed by atoms with E-state index in [1.807, 2.05) is 0 Å². The maximum atomic E-state index is 2.52. The Hall–Kier alpha value is -0.820. The van der Waals surface area contributed by atoms with Crippen molar-refractivity contribution in [2.75, 3.05) is 20.1 Å². The predicted molar refractivity (Wildman–Crippen MR) is 77.3 cm³/mol. The van der Waals surface area contributed by atoms with Gasteiger partial charge in [-0.25, -0.2) is 0 Å². The lowest BCUT2D eigenvalue weighted by Gasteiger charge is -2.38. The lowest BCUT2D eigenvalue weighted by atomic mass is 9.66. The molecule has 0 amide bonds. The predicted octanol–water partition coefficient (Wildman–Crippen LogP) is 3.47. The monoisotopic (exact) mass is 243 g/mol. The molecule has 2 aliphatic rings. The highest BCUT2D eigenvalue weighted by Gasteiger charge is 2.42. The molecule has 1 aliphatic heterocycles. The van der Waals surface area contributed by atoms with E-state index < -0.39 is 0 Å². The summed E-state index contributed by atoms with van der Waals surface area (Å²) in [6.07, 6.45) is 6.65. The van der Waals surface area contributed by atoms with Crippen LogP contribution in [0.25, 0.3) is 0 Å². The fraction of sp³-hybridized carbons (Fsp3) is 0.647. The number of hydrogen-bond acceptors (Lipinski definition) is 1. The maximum Gasteiger partial charge on any atom is 0.00979 e. The van der Waals surface area contributed by atoms with Gasteiger partial charge in [0, 0.05) is 12.0 Å². The van der Waals surface area contributed by atoms with Crippen molar-refractivity contribution in [2.45, 2.75) is 51.4 Å². The van der Waals surface area contributed by atoms with Crippen LogP contribution in [-0.2, 0) is 18.3 Å². The highest BCUT2D eigenvalue weighted by molar-refractivity contribution is 5.48. The van der Waals surface area contributed by atoms with E-state index in [1.165, 1.54) is 50.8 Å². The maximum absolute atomic E-state index is 2.52. The average molecular weight is 243 g/mol. The van der Waals surface area contributed by atoms with E-state index in [2.05, 4.69) is 37.9 Å². The molecule has 0 bridgehead atoms. The smallest absolute Gasteiger partial charge is 0.00979 e. The number of likely N-dealkylation sites (N-methyl/N-ethyl adjacent to an activating group) is 1. The lowest BCUT2D eigenvalue weighted by molar-refractivity contribution is 0.333. The van der Waals surface area contributed by atoms with Crippen LogP contribution in [-0.4, -0.2) is 25.0 Å². The Kier molecular flexibility index (Phi) is 2.97. The van der Waals surface area contributed by atoms with Crippen LogP contribution in [0.4, 0.5) is 0 Å². The van der Waals surface area contributed by atoms with Crippen molar-refractivity contribution in [1.82, 2.24) is 4.90 Å². The molecule has 3 rings (SSSR count). The van der Waals surface area contributed by atoms with Crippen LogP contribution in [0, 0.1) is 6.92 Å². The molecule has 1 heteroatoms. The van der Waals surface area contributed by atoms with Crippen molar-refractivity contribution in [2.24, 2.45) is 0 Å². The van der Waals surface area contributed by atoms with Gasteiger partial charge in [0.2, 0.25) is 0 Å². The third kappa shape index (κ3) is 1.72. The molecule has 0 radical (unpaired) electrons. The van der Waals surface area contributed by atoms with E-state index in [1.54, 1.807) is 16.7 Å². The van der Waals surface area contributed by atoms with Gasteiger partial charge in [-0.05, 0) is 74.9 Å². The number of nitrogens with zero attached hydrogens (tertiary/aromatic N) is 1. The van der Waals surface area contributed by atoms with E-state index >= 15 is 0 Å². The average Bonchev–Trinajstić information content (AvgIpc) is 2.73. The van der Waals surface area contributed by atoms with Crippen molar-refractivity contribution >= 4 is 0 Å². The van der Waals surface area contributed by atoms with Gasteiger partial charge in [-0.15, -0.1) is 0 Å². The molecule has 1 fully saturated rings. The first-order valence-electron chi connectivity index (χ1n) is 7.47. The third-order valence-corrected chi connectivity index (χ3v) is 5.17. The number of fused-ring (bicyclic) bond motifs is 2. The fourth-order valence-corrected chi connectivity index (χ4v) is 4.29. The van der Waals surface area contributed by atoms with Crippen molar-refractivity contribution in [3.63, 3.8) is 0 Å². The Balaban J connectivity index is 2.17. The number of rotatable bonds is 1. The Morgan fingerprint density at radius 2 is 2.11 bits per heavy atom. The quantitative estimate of drug-likeness (QED) is 0.730. The first-order valence-corrected chi connectivity index (χ1v) is 7.47. The molecule has 1 aromatic rings. The zero-order valence-electron chi connectivity index (χ0n) is 12.1. The number of benzene rings is 1. The van der Waals surface area contributed by atoms with E-state index in [4.69, 9.17) is 0 Å². The zero-order chi connectivity index (χ0) is 12.8. The van der Waals surface area contributed by atoms with E-state index in [0.717, 1.165) is 0 Å². The molecule has 1 heterocycles. The van der Waals surface area contributed by atoms with Crippen LogP contribution in [0.1, 0.15) is 48.4 Å². The Morgan fingerprint density at radius 3 is 2.78 bits per heavy atom. The first kappa shape index (κ1) is 12.2. The highest BCUT2D eigenvalue weighted by atomic mass is 15.1. The topological polar surface area (TPSA) is 3.24 Å². The van der Waals surface area contributed by atoms with E-state index in [0.29, 0.717) is 5.41 Å². The number of likely N-dealkylation sites (tertiary alicyclic amines) is 1. The van der Waals surface area contributed by atoms with Gasteiger partial charge >= 0.3 is 0 Å². The third-order valence-electron chi connectivity index (χ3n) is 5.17. The summed E-state index contributed by atoms with van der Waals surface area (Å²) < 4.78 is 0. The minimum atomic E-state index is 0.486. The van der Waals surface area contributed by atoms with Crippen molar-refractivity contribution in [3.05, 3.63) is 34.4 Å². The minimum absolute atomic E-state index is 0.486. The molecular formula is C17H25N. The molecule has 1 unspecified atom stereocenters. The van der Waals surface area contributed by atoms with E-state index in [-0.39, 0.29) is 0 Å². The Morgan fingerprint density at radius 1 is 1.28 bits per heavy atom. The zero-order valence-corrected chi connectivity index (χ0v) is 12.1. The molecule has 1 saturated heterocycles. The van der Waals surface area contributed by atoms with Crippen molar-refractivity contribution < 1.29 is 0 Å². The molecule has 1 aromatic carbocycles. The normalized spacial score (nSPS) is 27.7. The molecular weight excluding hydrogens is 218 g/mol. The van der Waals surface area contributed by atoms with Gasteiger partial charge in [0.1, 0.15) is 0 Å². The van der Waals surface area contributed by atoms with Crippen molar-refractivity contribution in [1.29, 1.82) is 0 Å². The Bertz CT molecular complexity index is 463. The van der Waals surface area contributed by atoms with Crippen LogP contribution >= 0.6 is 0 Å². The van der Waals surface area contributed by atoms with Crippen LogP contribution in [0.2, 0.25) is 0 Å². The minimum Gasteiger partial charge on any atom is -0.305 e. The number of aryl methyl sites for hydroxylation is 2. The van der Waals surface area contributed by atoms with Crippen LogP contribution < -0.4 is 0 Å². The van der Waals surface area contributed by atoms with Gasteiger partial charge in [0.05, 0.1) is 0 Å². The standard InChI is InChI=1S/C17H25N/c1-4-14-8-7-13(2)15-6-5-9-17(16(14)15)10-11-18(3)12-17/h7-8H,4-6,9-12H2,1-3H3. The summed E-state index contributed by atoms with van der Waals surface area (Å²) in [5.41, 5.74) is 7.07. The van der Waals surface area contributed by atoms with E-state index in [9.17, 15) is 0 Å². The summed E-state index contributed by atoms with van der Waals surface area (Å²) in [7, 11) is 2.28. The largest absolute Gasteiger partial charge is 0.305 e. The van der Waals surface area contributed by atoms with Crippen molar-refractivity contribution in [3.8, 4) is 0 Å². The summed E-state index contributed by atoms with van der Waals surface area (Å²) in [6, 6.07) is 4.73. The molecule has 0 saturated carbocycles. The van der Waals surface area contributed by atoms with Gasteiger partial charge in [-0.1, -0.05) is 19.1 Å². The van der Waals surface area contributed by atoms with Gasteiger partial charge in [-0.3, -0.25) is 0 Å². The molecule has 1 nitrogen and oxygen atoms in total. The Labute approximate surface area is 111 Å². The van der Waals surface area contributed by atoms with Crippen LogP contribution in [0.15, 0.2) is 12.1 Å².